The summed E-state index contributed by atoms with van der Waals surface area (Å²) in [4.78, 5) is 8.71. The molecule has 1 N–H and O–H groups in total. The number of benzene rings is 3. The van der Waals surface area contributed by atoms with Gasteiger partial charge in [-0.25, -0.2) is 9.97 Å². The van der Waals surface area contributed by atoms with Gasteiger partial charge in [0.1, 0.15) is 23.9 Å². The Morgan fingerprint density at radius 2 is 0.981 bits per heavy atom. The second-order valence-electron chi connectivity index (χ2n) is 21.2. The predicted molar refractivity (Wildman–Crippen MR) is 223 cm³/mol. The van der Waals surface area contributed by atoms with Gasteiger partial charge in [0.2, 0.25) is 0 Å². The van der Waals surface area contributed by atoms with Crippen LogP contribution in [0.1, 0.15) is 158 Å². The lowest BCUT2D eigenvalue weighted by molar-refractivity contribution is -0.583. The first-order valence-corrected chi connectivity index (χ1v) is 19.2. The minimum atomic E-state index is -0.0756. The van der Waals surface area contributed by atoms with Crippen LogP contribution in [0.4, 0.5) is 0 Å². The van der Waals surface area contributed by atoms with E-state index in [1.807, 2.05) is 6.20 Å². The molecule has 2 heterocycles. The molecule has 0 unspecified atom stereocenters. The second kappa shape index (κ2) is 12.9. The molecule has 0 saturated carbocycles. The molecule has 0 radical (unpaired) electrons. The van der Waals surface area contributed by atoms with Crippen LogP contribution in [0.15, 0.2) is 73.3 Å². The first-order valence-electron chi connectivity index (χ1n) is 19.2. The summed E-state index contributed by atoms with van der Waals surface area (Å²) < 4.78 is 4.73. The zero-order valence-corrected chi connectivity index (χ0v) is 35.8. The third kappa shape index (κ3) is 7.73. The number of H-pyrrole nitrogens is 1. The van der Waals surface area contributed by atoms with Gasteiger partial charge in [-0.2, -0.15) is 4.57 Å². The Labute approximate surface area is 316 Å². The van der Waals surface area contributed by atoms with E-state index in [0.29, 0.717) is 0 Å². The van der Waals surface area contributed by atoms with Crippen LogP contribution in [0.25, 0.3) is 34.2 Å². The minimum absolute atomic E-state index is 0.0306. The van der Waals surface area contributed by atoms with E-state index in [4.69, 9.17) is 4.98 Å². The maximum Gasteiger partial charge on any atom is 0.291 e. The molecule has 0 spiro atoms. The molecule has 5 rings (SSSR count). The number of nitrogens with one attached hydrogen (secondary N) is 1. The third-order valence-electron chi connectivity index (χ3n) is 10.4. The average molecular weight is 700 g/mol. The van der Waals surface area contributed by atoms with Crippen LogP contribution >= 0.6 is 0 Å². The van der Waals surface area contributed by atoms with E-state index in [1.165, 1.54) is 44.8 Å². The summed E-state index contributed by atoms with van der Waals surface area (Å²) >= 11 is 0. The van der Waals surface area contributed by atoms with Crippen LogP contribution in [-0.4, -0.2) is 14.5 Å². The van der Waals surface area contributed by atoms with Gasteiger partial charge in [-0.15, -0.1) is 0 Å². The number of aromatic amines is 1. The van der Waals surface area contributed by atoms with Gasteiger partial charge < -0.3 is 0 Å². The van der Waals surface area contributed by atoms with E-state index < -0.39 is 0 Å². The molecule has 2 aromatic heterocycles. The molecular formula is C48H67N4+. The predicted octanol–water partition coefficient (Wildman–Crippen LogP) is 12.6. The molecule has 0 aliphatic rings. The van der Waals surface area contributed by atoms with E-state index in [1.54, 1.807) is 0 Å². The molecule has 0 saturated heterocycles. The van der Waals surface area contributed by atoms with Crippen LogP contribution in [0.5, 0.6) is 0 Å². The highest BCUT2D eigenvalue weighted by Gasteiger charge is 2.35. The average Bonchev–Trinajstić information content (AvgIpc) is 3.67. The van der Waals surface area contributed by atoms with Crippen molar-refractivity contribution in [2.24, 2.45) is 0 Å². The van der Waals surface area contributed by atoms with E-state index in [-0.39, 0.29) is 32.5 Å². The largest absolute Gasteiger partial charge is 0.299 e. The van der Waals surface area contributed by atoms with Crippen LogP contribution in [-0.2, 0) is 32.5 Å². The second-order valence-corrected chi connectivity index (χ2v) is 21.2. The maximum absolute atomic E-state index is 5.05. The summed E-state index contributed by atoms with van der Waals surface area (Å²) in [6, 6.07) is 18.7. The fourth-order valence-corrected chi connectivity index (χ4v) is 7.19. The highest BCUT2D eigenvalue weighted by atomic mass is 15.1. The van der Waals surface area contributed by atoms with Gasteiger partial charge in [0, 0.05) is 29.1 Å². The van der Waals surface area contributed by atoms with Gasteiger partial charge in [0.05, 0.1) is 11.3 Å². The number of hydrogen-bond acceptors (Lipinski definition) is 1. The molecule has 0 aliphatic heterocycles. The minimum Gasteiger partial charge on any atom is -0.299 e. The highest BCUT2D eigenvalue weighted by Crippen LogP contribution is 2.43. The Kier molecular flexibility index (Phi) is 9.74. The SMILES string of the molecule is CC(C)(C)c1cc(C(C)(C)C)c(-n2ccnc2-c2cccc(-c3[nH]cc[n+]3-c3c(C(C)(C)C)cc(C(C)(C)C)cc3C(C)(C)C)c2)c(C(C)(C)C)c1. The summed E-state index contributed by atoms with van der Waals surface area (Å²) in [5.74, 6) is 2.00. The zero-order chi connectivity index (χ0) is 39.0. The summed E-state index contributed by atoms with van der Waals surface area (Å²) in [6.07, 6.45) is 8.37. The van der Waals surface area contributed by atoms with Crippen molar-refractivity contribution in [3.05, 3.63) is 107 Å². The smallest absolute Gasteiger partial charge is 0.291 e. The normalized spacial score (nSPS) is 13.6. The first-order chi connectivity index (χ1) is 23.6. The molecule has 0 aliphatic carbocycles. The number of aromatic nitrogens is 4. The van der Waals surface area contributed by atoms with Crippen molar-refractivity contribution in [1.82, 2.24) is 14.5 Å². The molecule has 4 nitrogen and oxygen atoms in total. The lowest BCUT2D eigenvalue weighted by Gasteiger charge is -2.34. The molecule has 0 fully saturated rings. The van der Waals surface area contributed by atoms with Gasteiger partial charge in [-0.05, 0) is 66.9 Å². The Bertz CT molecular complexity index is 1860. The summed E-state index contributed by atoms with van der Waals surface area (Å²) in [5, 5.41) is 0. The topological polar surface area (TPSA) is 37.5 Å². The standard InChI is InChI=1S/C48H66N4/c1-43(2,3)33-27-35(45(7,8)9)39(36(28-33)46(10,11)12)51-24-22-49-41(51)31-20-19-21-32(26-31)42-50-23-25-52(42)40-37(47(13,14)15)29-34(44(4,5)6)30-38(40)48(16,17)18/h19-30H,1-18H3/p+1. The van der Waals surface area contributed by atoms with Gasteiger partial charge in [-0.1, -0.05) is 161 Å². The van der Waals surface area contributed by atoms with Crippen LogP contribution in [0.3, 0.4) is 0 Å². The summed E-state index contributed by atoms with van der Waals surface area (Å²) in [6.45, 7) is 41.9. The Morgan fingerprint density at radius 3 is 1.42 bits per heavy atom. The number of hydrogen-bond donors (Lipinski definition) is 1. The number of rotatable bonds is 4. The van der Waals surface area contributed by atoms with Crippen LogP contribution < -0.4 is 4.57 Å². The number of imidazole rings is 2. The van der Waals surface area contributed by atoms with E-state index in [2.05, 4.69) is 206 Å². The molecule has 0 atom stereocenters. The van der Waals surface area contributed by atoms with E-state index in [9.17, 15) is 0 Å². The van der Waals surface area contributed by atoms with Gasteiger partial charge in [-0.3, -0.25) is 4.57 Å². The Hall–Kier alpha value is -3.92. The van der Waals surface area contributed by atoms with Gasteiger partial charge in [0.25, 0.3) is 5.82 Å². The van der Waals surface area contributed by atoms with E-state index in [0.717, 1.165) is 22.8 Å². The monoisotopic (exact) mass is 700 g/mol. The fraction of sp³-hybridized carbons (Fsp3) is 0.500. The van der Waals surface area contributed by atoms with Crippen molar-refractivity contribution >= 4 is 0 Å². The van der Waals surface area contributed by atoms with Gasteiger partial charge >= 0.3 is 0 Å². The summed E-state index contributed by atoms with van der Waals surface area (Å²) in [5.41, 5.74) is 12.6. The third-order valence-corrected chi connectivity index (χ3v) is 10.4. The fourth-order valence-electron chi connectivity index (χ4n) is 7.19. The lowest BCUT2D eigenvalue weighted by Crippen LogP contribution is -2.38. The van der Waals surface area contributed by atoms with Crippen molar-refractivity contribution in [1.29, 1.82) is 0 Å². The molecule has 0 bridgehead atoms. The molecule has 4 heteroatoms. The van der Waals surface area contributed by atoms with Crippen LogP contribution in [0.2, 0.25) is 0 Å². The van der Waals surface area contributed by atoms with Crippen LogP contribution in [0, 0.1) is 0 Å². The molecular weight excluding hydrogens is 633 g/mol. The summed E-state index contributed by atoms with van der Waals surface area (Å²) in [7, 11) is 0. The zero-order valence-electron chi connectivity index (χ0n) is 35.8. The van der Waals surface area contributed by atoms with Crippen molar-refractivity contribution < 1.29 is 4.57 Å². The lowest BCUT2D eigenvalue weighted by atomic mass is 9.74. The van der Waals surface area contributed by atoms with Gasteiger partial charge in [0.15, 0.2) is 0 Å². The Balaban J connectivity index is 1.76. The van der Waals surface area contributed by atoms with Crippen molar-refractivity contribution in [2.75, 3.05) is 0 Å². The molecule has 3 aromatic carbocycles. The highest BCUT2D eigenvalue weighted by molar-refractivity contribution is 5.69. The maximum atomic E-state index is 5.05. The Morgan fingerprint density at radius 1 is 0.538 bits per heavy atom. The quantitative estimate of drug-likeness (QED) is 0.186. The molecule has 278 valence electrons. The molecule has 52 heavy (non-hydrogen) atoms. The van der Waals surface area contributed by atoms with Crippen molar-refractivity contribution in [2.45, 2.75) is 157 Å². The molecule has 5 aromatic rings. The molecule has 0 amide bonds. The first kappa shape index (κ1) is 39.3. The van der Waals surface area contributed by atoms with Crippen molar-refractivity contribution in [3.63, 3.8) is 0 Å². The van der Waals surface area contributed by atoms with Crippen molar-refractivity contribution in [3.8, 4) is 34.2 Å². The van der Waals surface area contributed by atoms with E-state index >= 15 is 0 Å². The number of nitrogens with zero attached hydrogens (tertiary/aromatic N) is 3.